The molecule has 0 bridgehead atoms. The number of hydrogen-bond donors (Lipinski definition) is 5. The van der Waals surface area contributed by atoms with Crippen LogP contribution < -0.4 is 11.1 Å². The van der Waals surface area contributed by atoms with Crippen LogP contribution in [0.15, 0.2) is 0 Å². The van der Waals surface area contributed by atoms with Crippen LogP contribution in [-0.4, -0.2) is 75.4 Å². The fourth-order valence-corrected chi connectivity index (χ4v) is 4.54. The van der Waals surface area contributed by atoms with Crippen molar-refractivity contribution in [2.75, 3.05) is 13.1 Å². The number of carboxylic acids is 1. The van der Waals surface area contributed by atoms with Crippen LogP contribution in [0.1, 0.15) is 59.3 Å². The van der Waals surface area contributed by atoms with Crippen molar-refractivity contribution in [3.63, 3.8) is 0 Å². The average molecular weight is 441 g/mol. The van der Waals surface area contributed by atoms with Gasteiger partial charge in [-0.1, -0.05) is 6.42 Å². The van der Waals surface area contributed by atoms with E-state index < -0.39 is 42.3 Å². The van der Waals surface area contributed by atoms with Gasteiger partial charge >= 0.3 is 19.2 Å². The normalized spacial score (nSPS) is 28.8. The van der Waals surface area contributed by atoms with Crippen LogP contribution in [0, 0.1) is 11.8 Å². The number of carbonyl (C=O) groups excluding carboxylic acids is 2. The third-order valence-electron chi connectivity index (χ3n) is 6.22. The van der Waals surface area contributed by atoms with Crippen LogP contribution in [0.3, 0.4) is 0 Å². The van der Waals surface area contributed by atoms with E-state index in [9.17, 15) is 19.5 Å². The molecule has 2 rings (SSSR count). The molecule has 176 valence electrons. The summed E-state index contributed by atoms with van der Waals surface area (Å²) in [5, 5.41) is 30.7. The van der Waals surface area contributed by atoms with Gasteiger partial charge in [0, 0.05) is 19.0 Å². The van der Waals surface area contributed by atoms with Crippen LogP contribution in [-0.2, 0) is 14.3 Å². The summed E-state index contributed by atoms with van der Waals surface area (Å²) in [6.07, 6.45) is 2.75. The number of aliphatic carboxylic acids is 1. The molecule has 10 nitrogen and oxygen atoms in total. The van der Waals surface area contributed by atoms with Gasteiger partial charge < -0.3 is 30.9 Å². The van der Waals surface area contributed by atoms with E-state index in [0.717, 1.165) is 0 Å². The quantitative estimate of drug-likeness (QED) is 0.358. The molecule has 0 aromatic carbocycles. The minimum atomic E-state index is -1.50. The number of amides is 2. The molecule has 1 unspecified atom stereocenters. The van der Waals surface area contributed by atoms with E-state index in [2.05, 4.69) is 5.32 Å². The zero-order chi connectivity index (χ0) is 23.4. The van der Waals surface area contributed by atoms with Crippen molar-refractivity contribution >= 4 is 25.1 Å². The Bertz CT molecular complexity index is 670. The lowest BCUT2D eigenvalue weighted by Gasteiger charge is -2.41. The molecule has 2 fully saturated rings. The predicted octanol–water partition coefficient (Wildman–Crippen LogP) is 0.563. The van der Waals surface area contributed by atoms with Gasteiger partial charge in [-0.2, -0.15) is 0 Å². The maximum absolute atomic E-state index is 12.8. The number of ether oxygens (including phenoxy) is 1. The summed E-state index contributed by atoms with van der Waals surface area (Å²) in [6, 6.07) is -0.644. The van der Waals surface area contributed by atoms with Crippen molar-refractivity contribution in [3.05, 3.63) is 0 Å². The molecule has 6 N–H and O–H groups in total. The van der Waals surface area contributed by atoms with Gasteiger partial charge in [0.2, 0.25) is 5.91 Å². The molecule has 0 aromatic rings. The molecule has 1 aliphatic heterocycles. The number of carboxylic acid groups (broad SMARTS) is 1. The first kappa shape index (κ1) is 25.4. The SMILES string of the molecule is CC(C)(C)OC(=O)N1CCCC1C(=O)NC[C@@H]1CC[C@@H](CCB(O)O)C[C@]1(N)C(=O)O. The maximum atomic E-state index is 12.8. The van der Waals surface area contributed by atoms with E-state index in [4.69, 9.17) is 20.5 Å². The van der Waals surface area contributed by atoms with E-state index >= 15 is 0 Å². The van der Waals surface area contributed by atoms with Gasteiger partial charge in [-0.05, 0) is 65.1 Å². The Balaban J connectivity index is 1.96. The molecule has 1 aliphatic carbocycles. The molecule has 1 saturated carbocycles. The largest absolute Gasteiger partial charge is 0.480 e. The molecular formula is C20H36BN3O7. The summed E-state index contributed by atoms with van der Waals surface area (Å²) in [7, 11) is -1.42. The van der Waals surface area contributed by atoms with E-state index in [0.29, 0.717) is 38.6 Å². The minimum Gasteiger partial charge on any atom is -0.480 e. The predicted molar refractivity (Wildman–Crippen MR) is 114 cm³/mol. The first-order chi connectivity index (χ1) is 14.3. The summed E-state index contributed by atoms with van der Waals surface area (Å²) < 4.78 is 5.39. The van der Waals surface area contributed by atoms with Crippen molar-refractivity contribution in [1.29, 1.82) is 0 Å². The zero-order valence-electron chi connectivity index (χ0n) is 18.7. The lowest BCUT2D eigenvalue weighted by Crippen LogP contribution is -2.60. The Labute approximate surface area is 183 Å². The van der Waals surface area contributed by atoms with Gasteiger partial charge in [0.25, 0.3) is 0 Å². The Kier molecular flexibility index (Phi) is 8.35. The molecular weight excluding hydrogens is 405 g/mol. The molecule has 1 heterocycles. The molecule has 1 saturated heterocycles. The average Bonchev–Trinajstić information content (AvgIpc) is 3.14. The fourth-order valence-electron chi connectivity index (χ4n) is 4.54. The van der Waals surface area contributed by atoms with Crippen molar-refractivity contribution in [1.82, 2.24) is 10.2 Å². The molecule has 2 aliphatic rings. The topological polar surface area (TPSA) is 162 Å². The Morgan fingerprint density at radius 2 is 1.90 bits per heavy atom. The van der Waals surface area contributed by atoms with Gasteiger partial charge in [0.1, 0.15) is 17.2 Å². The van der Waals surface area contributed by atoms with E-state index in [1.165, 1.54) is 4.90 Å². The smallest absolute Gasteiger partial charge is 0.451 e. The highest BCUT2D eigenvalue weighted by atomic mass is 16.6. The fraction of sp³-hybridized carbons (Fsp3) is 0.850. The molecule has 0 aromatic heterocycles. The minimum absolute atomic E-state index is 0.0210. The monoisotopic (exact) mass is 441 g/mol. The van der Waals surface area contributed by atoms with Crippen LogP contribution in [0.5, 0.6) is 0 Å². The number of nitrogens with two attached hydrogens (primary N) is 1. The summed E-state index contributed by atoms with van der Waals surface area (Å²) in [5.41, 5.74) is 4.10. The molecule has 2 amide bonds. The molecule has 0 spiro atoms. The van der Waals surface area contributed by atoms with Gasteiger partial charge in [0.05, 0.1) is 0 Å². The van der Waals surface area contributed by atoms with E-state index in [1.807, 2.05) is 0 Å². The third-order valence-corrected chi connectivity index (χ3v) is 6.22. The van der Waals surface area contributed by atoms with Crippen LogP contribution in [0.2, 0.25) is 6.32 Å². The third kappa shape index (κ3) is 6.82. The highest BCUT2D eigenvalue weighted by Gasteiger charge is 2.47. The highest BCUT2D eigenvalue weighted by Crippen LogP contribution is 2.38. The zero-order valence-corrected chi connectivity index (χ0v) is 18.7. The highest BCUT2D eigenvalue weighted by molar-refractivity contribution is 6.40. The van der Waals surface area contributed by atoms with Crippen molar-refractivity contribution in [2.45, 2.75) is 82.8 Å². The van der Waals surface area contributed by atoms with Crippen LogP contribution in [0.4, 0.5) is 4.79 Å². The Morgan fingerprint density at radius 1 is 1.23 bits per heavy atom. The molecule has 4 atom stereocenters. The number of likely N-dealkylation sites (tertiary alicyclic amines) is 1. The lowest BCUT2D eigenvalue weighted by molar-refractivity contribution is -0.148. The van der Waals surface area contributed by atoms with Crippen molar-refractivity contribution in [3.8, 4) is 0 Å². The number of nitrogens with one attached hydrogen (secondary N) is 1. The second-order valence-corrected chi connectivity index (χ2v) is 9.82. The summed E-state index contributed by atoms with van der Waals surface area (Å²) in [6.45, 7) is 5.83. The van der Waals surface area contributed by atoms with Gasteiger partial charge in [-0.15, -0.1) is 0 Å². The number of nitrogens with zero attached hydrogens (tertiary/aromatic N) is 1. The number of hydrogen-bond acceptors (Lipinski definition) is 7. The Morgan fingerprint density at radius 3 is 2.48 bits per heavy atom. The lowest BCUT2D eigenvalue weighted by atomic mass is 9.66. The first-order valence-electron chi connectivity index (χ1n) is 11.0. The summed E-state index contributed by atoms with van der Waals surface area (Å²) >= 11 is 0. The molecule has 0 radical (unpaired) electrons. The molecule has 11 heteroatoms. The standard InChI is InChI=1S/C20H36BN3O7/c1-19(2,3)31-18(28)24-10-4-5-15(24)16(25)23-12-14-7-6-13(8-9-21(29)30)11-20(14,22)17(26)27/h13-15,29-30H,4-12,22H2,1-3H3,(H,23,25)(H,26,27)/t13-,14-,15?,20+/m0/s1. The van der Waals surface area contributed by atoms with Crippen LogP contribution >= 0.6 is 0 Å². The van der Waals surface area contributed by atoms with Gasteiger partial charge in [-0.25, -0.2) is 4.79 Å². The van der Waals surface area contributed by atoms with Gasteiger partial charge in [0.15, 0.2) is 0 Å². The Hall–Kier alpha value is -1.85. The number of carbonyl (C=O) groups is 3. The van der Waals surface area contributed by atoms with Crippen LogP contribution in [0.25, 0.3) is 0 Å². The summed E-state index contributed by atoms with van der Waals surface area (Å²) in [5.74, 6) is -1.94. The first-order valence-corrected chi connectivity index (χ1v) is 11.0. The van der Waals surface area contributed by atoms with E-state index in [-0.39, 0.29) is 31.1 Å². The summed E-state index contributed by atoms with van der Waals surface area (Å²) in [4.78, 5) is 38.6. The molecule has 31 heavy (non-hydrogen) atoms. The number of rotatable bonds is 7. The van der Waals surface area contributed by atoms with Crippen molar-refractivity contribution in [2.24, 2.45) is 17.6 Å². The maximum Gasteiger partial charge on any atom is 0.451 e. The van der Waals surface area contributed by atoms with Crippen molar-refractivity contribution < 1.29 is 34.3 Å². The second kappa shape index (κ2) is 10.2. The second-order valence-electron chi connectivity index (χ2n) is 9.82. The van der Waals surface area contributed by atoms with E-state index in [1.54, 1.807) is 20.8 Å². The van der Waals surface area contributed by atoms with Gasteiger partial charge in [-0.3, -0.25) is 14.5 Å².